The van der Waals surface area contributed by atoms with E-state index in [2.05, 4.69) is 48.5 Å². The Kier molecular flexibility index (Phi) is 6.94. The molecule has 0 spiro atoms. The molecule has 4 aromatic carbocycles. The van der Waals surface area contributed by atoms with Gasteiger partial charge in [-0.1, -0.05) is 0 Å². The summed E-state index contributed by atoms with van der Waals surface area (Å²) in [6, 6.07) is 32.3. The van der Waals surface area contributed by atoms with Gasteiger partial charge in [0.25, 0.3) is 0 Å². The molecule has 2 nitrogen and oxygen atoms in total. The molecule has 0 amide bonds. The van der Waals surface area contributed by atoms with Gasteiger partial charge >= 0.3 is 191 Å². The Morgan fingerprint density at radius 3 is 1.30 bits per heavy atom. The van der Waals surface area contributed by atoms with Crippen LogP contribution in [0.2, 0.25) is 0 Å². The first kappa shape index (κ1) is 20.8. The predicted octanol–water partition coefficient (Wildman–Crippen LogP) is 3.82. The van der Waals surface area contributed by atoms with Gasteiger partial charge in [-0.2, -0.15) is 0 Å². The number of hydrogen-bond donors (Lipinski definition) is 2. The van der Waals surface area contributed by atoms with E-state index in [1.807, 2.05) is 36.4 Å². The Bertz CT molecular complexity index is 1020. The van der Waals surface area contributed by atoms with Crippen LogP contribution in [0.4, 0.5) is 0 Å². The van der Waals surface area contributed by atoms with Gasteiger partial charge < -0.3 is 0 Å². The summed E-state index contributed by atoms with van der Waals surface area (Å²) in [5.41, 5.74) is 4.59. The molecule has 0 saturated heterocycles. The predicted molar refractivity (Wildman–Crippen MR) is 126 cm³/mol. The zero-order valence-corrected chi connectivity index (χ0v) is 19.8. The zero-order valence-electron chi connectivity index (χ0n) is 16.4. The summed E-state index contributed by atoms with van der Waals surface area (Å²) in [5, 5.41) is 22.0. The van der Waals surface area contributed by atoms with Gasteiger partial charge in [0, 0.05) is 0 Å². The fraction of sp³-hybridized carbons (Fsp3) is 0.0769. The molecular weight excluding hydrogens is 502 g/mol. The molecule has 2 N–H and O–H groups in total. The molecule has 0 aliphatic rings. The Morgan fingerprint density at radius 2 is 0.900 bits per heavy atom. The van der Waals surface area contributed by atoms with Crippen LogP contribution in [0.5, 0.6) is 11.5 Å². The van der Waals surface area contributed by atoms with Gasteiger partial charge in [0.1, 0.15) is 0 Å². The fourth-order valence-electron chi connectivity index (χ4n) is 3.28. The normalized spacial score (nSPS) is 10.8. The van der Waals surface area contributed by atoms with Gasteiger partial charge in [-0.15, -0.1) is 0 Å². The summed E-state index contributed by atoms with van der Waals surface area (Å²) in [6.45, 7) is 0. The van der Waals surface area contributed by atoms with Crippen molar-refractivity contribution in [3.05, 3.63) is 108 Å². The van der Waals surface area contributed by atoms with Gasteiger partial charge in [-0.3, -0.25) is 0 Å². The van der Waals surface area contributed by atoms with Crippen molar-refractivity contribution in [3.63, 3.8) is 0 Å². The van der Waals surface area contributed by atoms with Crippen LogP contribution in [0.15, 0.2) is 97.1 Å². The molecule has 0 heterocycles. The van der Waals surface area contributed by atoms with Crippen LogP contribution in [0.3, 0.4) is 0 Å². The van der Waals surface area contributed by atoms with E-state index in [0.717, 1.165) is 32.9 Å². The Morgan fingerprint density at radius 1 is 0.500 bits per heavy atom. The Hall–Kier alpha value is -2.48. The number of benzene rings is 4. The SMILES string of the molecule is Oc1ccc(-c2ccc(O)cc2C[Se]c2ccccc2)c(C[Se]c2ccccc2)c1. The monoisotopic (exact) mass is 526 g/mol. The van der Waals surface area contributed by atoms with Gasteiger partial charge in [0.05, 0.1) is 0 Å². The molecule has 0 atom stereocenters. The van der Waals surface area contributed by atoms with Crippen molar-refractivity contribution >= 4 is 38.8 Å². The van der Waals surface area contributed by atoms with Gasteiger partial charge in [-0.25, -0.2) is 0 Å². The van der Waals surface area contributed by atoms with Gasteiger partial charge in [0.15, 0.2) is 0 Å². The average molecular weight is 524 g/mol. The third kappa shape index (κ3) is 5.36. The summed E-state index contributed by atoms with van der Waals surface area (Å²) in [6.07, 6.45) is 0. The van der Waals surface area contributed by atoms with Crippen LogP contribution >= 0.6 is 0 Å². The number of phenols is 2. The second kappa shape index (κ2) is 10.0. The van der Waals surface area contributed by atoms with E-state index < -0.39 is 0 Å². The second-order valence-corrected chi connectivity index (χ2v) is 11.3. The molecular formula is C26H22O2Se2. The first-order valence-electron chi connectivity index (χ1n) is 9.69. The molecule has 4 heteroatoms. The van der Waals surface area contributed by atoms with Crippen molar-refractivity contribution in [1.82, 2.24) is 0 Å². The molecule has 4 rings (SSSR count). The molecule has 0 aliphatic carbocycles. The molecule has 0 bridgehead atoms. The zero-order chi connectivity index (χ0) is 20.8. The van der Waals surface area contributed by atoms with Gasteiger partial charge in [-0.05, 0) is 0 Å². The molecule has 0 aromatic heterocycles. The van der Waals surface area contributed by atoms with Crippen molar-refractivity contribution in [1.29, 1.82) is 0 Å². The summed E-state index contributed by atoms with van der Waals surface area (Å²) in [5.74, 6) is 0.595. The van der Waals surface area contributed by atoms with Crippen LogP contribution in [-0.4, -0.2) is 40.1 Å². The van der Waals surface area contributed by atoms with E-state index in [1.54, 1.807) is 12.1 Å². The molecule has 0 radical (unpaired) electrons. The van der Waals surface area contributed by atoms with E-state index in [-0.39, 0.29) is 29.9 Å². The van der Waals surface area contributed by atoms with E-state index in [9.17, 15) is 10.2 Å². The molecule has 0 fully saturated rings. The number of hydrogen-bond acceptors (Lipinski definition) is 2. The molecule has 30 heavy (non-hydrogen) atoms. The summed E-state index contributed by atoms with van der Waals surface area (Å²) in [4.78, 5) is 0. The van der Waals surface area contributed by atoms with Crippen molar-refractivity contribution < 1.29 is 10.2 Å². The Labute approximate surface area is 189 Å². The topological polar surface area (TPSA) is 40.5 Å². The minimum absolute atomic E-state index is 0.287. The van der Waals surface area contributed by atoms with Crippen LogP contribution in [-0.2, 0) is 10.6 Å². The third-order valence-electron chi connectivity index (χ3n) is 4.74. The number of rotatable bonds is 7. The second-order valence-electron chi connectivity index (χ2n) is 6.89. The van der Waals surface area contributed by atoms with E-state index in [4.69, 9.17) is 0 Å². The maximum atomic E-state index is 10.1. The Balaban J connectivity index is 1.64. The fourth-order valence-corrected chi connectivity index (χ4v) is 7.10. The van der Waals surface area contributed by atoms with Crippen LogP contribution in [0.1, 0.15) is 11.1 Å². The van der Waals surface area contributed by atoms with Crippen molar-refractivity contribution in [2.75, 3.05) is 0 Å². The molecule has 4 aromatic rings. The van der Waals surface area contributed by atoms with Crippen molar-refractivity contribution in [3.8, 4) is 22.6 Å². The van der Waals surface area contributed by atoms with Crippen LogP contribution in [0, 0.1) is 0 Å². The third-order valence-corrected chi connectivity index (χ3v) is 9.19. The first-order valence-corrected chi connectivity index (χ1v) is 13.8. The molecule has 150 valence electrons. The van der Waals surface area contributed by atoms with Crippen LogP contribution in [0.25, 0.3) is 11.1 Å². The number of aromatic hydroxyl groups is 2. The van der Waals surface area contributed by atoms with Crippen molar-refractivity contribution in [2.24, 2.45) is 0 Å². The molecule has 0 aliphatic heterocycles. The van der Waals surface area contributed by atoms with E-state index in [0.29, 0.717) is 11.5 Å². The van der Waals surface area contributed by atoms with Gasteiger partial charge in [0.2, 0.25) is 0 Å². The summed E-state index contributed by atoms with van der Waals surface area (Å²) in [7, 11) is 0. The number of phenolic OH excluding ortho intramolecular Hbond substituents is 2. The van der Waals surface area contributed by atoms with Crippen LogP contribution < -0.4 is 8.92 Å². The maximum absolute atomic E-state index is 10.1. The first-order chi connectivity index (χ1) is 14.7. The summed E-state index contributed by atoms with van der Waals surface area (Å²) < 4.78 is 2.69. The summed E-state index contributed by atoms with van der Waals surface area (Å²) >= 11 is 0.573. The molecule has 0 saturated carbocycles. The standard InChI is InChI=1S/C26H22O2Se2/c27-21-11-13-25(19(15-21)17-29-23-7-3-1-4-8-23)26-14-12-22(28)16-20(26)18-30-24-9-5-2-6-10-24/h1-16,27-28H,17-18H2. The van der Waals surface area contributed by atoms with Crippen molar-refractivity contribution in [2.45, 2.75) is 10.6 Å². The minimum atomic E-state index is 0.287. The van der Waals surface area contributed by atoms with E-state index in [1.165, 1.54) is 8.92 Å². The average Bonchev–Trinajstić information content (AvgIpc) is 2.78. The quantitative estimate of drug-likeness (QED) is 0.361. The molecule has 0 unspecified atom stereocenters. The van der Waals surface area contributed by atoms with E-state index >= 15 is 0 Å².